The second kappa shape index (κ2) is 5.27. The first kappa shape index (κ1) is 12.7. The molecule has 0 radical (unpaired) electrons. The number of carbonyl (C=O) groups excluding carboxylic acids is 1. The van der Waals surface area contributed by atoms with Gasteiger partial charge in [0.2, 0.25) is 0 Å². The summed E-state index contributed by atoms with van der Waals surface area (Å²) in [7, 11) is 0. The molecule has 0 atom stereocenters. The largest absolute Gasteiger partial charge is 0.307 e. The lowest BCUT2D eigenvalue weighted by Gasteiger charge is -2.06. The van der Waals surface area contributed by atoms with Gasteiger partial charge in [-0.05, 0) is 54.0 Å². The van der Waals surface area contributed by atoms with E-state index in [9.17, 15) is 4.79 Å². The molecule has 0 bridgehead atoms. The van der Waals surface area contributed by atoms with E-state index in [0.29, 0.717) is 11.4 Å². The molecule has 2 rings (SSSR count). The Labute approximate surface area is 114 Å². The van der Waals surface area contributed by atoms with Crippen LogP contribution in [0.15, 0.2) is 34.9 Å². The van der Waals surface area contributed by atoms with Crippen LogP contribution in [0.5, 0.6) is 0 Å². The van der Waals surface area contributed by atoms with E-state index in [0.717, 1.165) is 15.9 Å². The Morgan fingerprint density at radius 2 is 2.06 bits per heavy atom. The van der Waals surface area contributed by atoms with Crippen LogP contribution in [-0.2, 0) is 0 Å². The summed E-state index contributed by atoms with van der Waals surface area (Å²) in [4.78, 5) is 20.3. The summed E-state index contributed by atoms with van der Waals surface area (Å²) in [6.45, 7) is 3.72. The fourth-order valence-electron chi connectivity index (χ4n) is 1.49. The maximum atomic E-state index is 12.0. The second-order valence-electron chi connectivity index (χ2n) is 3.90. The van der Waals surface area contributed by atoms with Crippen LogP contribution in [0.25, 0.3) is 0 Å². The molecule has 0 aliphatic carbocycles. The number of rotatable bonds is 2. The molecule has 0 unspecified atom stereocenters. The first-order valence-electron chi connectivity index (χ1n) is 5.43. The van der Waals surface area contributed by atoms with Crippen molar-refractivity contribution >= 4 is 27.7 Å². The van der Waals surface area contributed by atoms with Gasteiger partial charge in [0.15, 0.2) is 0 Å². The number of anilines is 1. The zero-order valence-electron chi connectivity index (χ0n) is 10.1. The molecule has 1 amide bonds. The predicted molar refractivity (Wildman–Crippen MR) is 73.6 cm³/mol. The summed E-state index contributed by atoms with van der Waals surface area (Å²) in [6, 6.07) is 7.02. The number of aromatic nitrogens is 2. The minimum absolute atomic E-state index is 0.185. The molecule has 0 saturated carbocycles. The maximum absolute atomic E-state index is 12.0. The van der Waals surface area contributed by atoms with Gasteiger partial charge in [-0.2, -0.15) is 0 Å². The van der Waals surface area contributed by atoms with E-state index in [2.05, 4.69) is 31.2 Å². The van der Waals surface area contributed by atoms with Crippen molar-refractivity contribution in [3.8, 4) is 0 Å². The number of pyridine rings is 2. The van der Waals surface area contributed by atoms with Gasteiger partial charge in [0.05, 0.1) is 5.69 Å². The fraction of sp³-hybridized carbons (Fsp3) is 0.154. The molecule has 0 saturated heterocycles. The molecule has 0 spiro atoms. The molecular formula is C13H12BrN3O. The first-order valence-corrected chi connectivity index (χ1v) is 6.23. The van der Waals surface area contributed by atoms with E-state index in [4.69, 9.17) is 0 Å². The van der Waals surface area contributed by atoms with Gasteiger partial charge in [-0.25, -0.2) is 4.98 Å². The van der Waals surface area contributed by atoms with Crippen molar-refractivity contribution in [1.29, 1.82) is 0 Å². The van der Waals surface area contributed by atoms with Crippen LogP contribution in [0.4, 0.5) is 5.82 Å². The number of hydrogen-bond acceptors (Lipinski definition) is 3. The maximum Gasteiger partial charge on any atom is 0.256 e. The van der Waals surface area contributed by atoms with Crippen LogP contribution in [0.3, 0.4) is 0 Å². The van der Waals surface area contributed by atoms with Gasteiger partial charge in [-0.15, -0.1) is 0 Å². The lowest BCUT2D eigenvalue weighted by Crippen LogP contribution is -2.13. The lowest BCUT2D eigenvalue weighted by atomic mass is 10.2. The molecule has 0 aromatic carbocycles. The molecule has 92 valence electrons. The smallest absolute Gasteiger partial charge is 0.256 e. The summed E-state index contributed by atoms with van der Waals surface area (Å²) in [5.41, 5.74) is 2.21. The van der Waals surface area contributed by atoms with Crippen LogP contribution >= 0.6 is 15.9 Å². The first-order chi connectivity index (χ1) is 8.56. The summed E-state index contributed by atoms with van der Waals surface area (Å²) in [5, 5.41) is 2.75. The van der Waals surface area contributed by atoms with Gasteiger partial charge < -0.3 is 5.32 Å². The molecular weight excluding hydrogens is 294 g/mol. The quantitative estimate of drug-likeness (QED) is 0.927. The monoisotopic (exact) mass is 305 g/mol. The van der Waals surface area contributed by atoms with Crippen molar-refractivity contribution in [2.24, 2.45) is 0 Å². The highest BCUT2D eigenvalue weighted by molar-refractivity contribution is 9.10. The van der Waals surface area contributed by atoms with E-state index < -0.39 is 0 Å². The molecule has 0 fully saturated rings. The summed E-state index contributed by atoms with van der Waals surface area (Å²) in [6.07, 6.45) is 1.62. The van der Waals surface area contributed by atoms with Crippen molar-refractivity contribution < 1.29 is 4.79 Å². The lowest BCUT2D eigenvalue weighted by molar-refractivity contribution is 0.102. The van der Waals surface area contributed by atoms with Crippen molar-refractivity contribution in [3.05, 3.63) is 51.9 Å². The summed E-state index contributed by atoms with van der Waals surface area (Å²) in [5.74, 6) is 0.352. The Bertz CT molecular complexity index is 599. The Morgan fingerprint density at radius 1 is 1.28 bits per heavy atom. The Kier molecular flexibility index (Phi) is 3.72. The minimum Gasteiger partial charge on any atom is -0.307 e. The molecule has 2 heterocycles. The van der Waals surface area contributed by atoms with Gasteiger partial charge in [0.25, 0.3) is 5.91 Å². The SMILES string of the molecule is Cc1cc(C(=O)Nc2ccc(Br)c(C)n2)ccn1. The topological polar surface area (TPSA) is 54.9 Å². The van der Waals surface area contributed by atoms with Gasteiger partial charge in [0, 0.05) is 21.9 Å². The molecule has 5 heteroatoms. The standard InChI is InChI=1S/C13H12BrN3O/c1-8-7-10(5-6-15-8)13(18)17-12-4-3-11(14)9(2)16-12/h3-7H,1-2H3,(H,16,17,18). The molecule has 4 nitrogen and oxygen atoms in total. The van der Waals surface area contributed by atoms with Gasteiger partial charge in [-0.3, -0.25) is 9.78 Å². The van der Waals surface area contributed by atoms with Gasteiger partial charge >= 0.3 is 0 Å². The highest BCUT2D eigenvalue weighted by atomic mass is 79.9. The number of hydrogen-bond donors (Lipinski definition) is 1. The Balaban J connectivity index is 2.18. The van der Waals surface area contributed by atoms with Crippen LogP contribution in [0, 0.1) is 13.8 Å². The van der Waals surface area contributed by atoms with Crippen molar-refractivity contribution in [1.82, 2.24) is 9.97 Å². The van der Waals surface area contributed by atoms with Crippen LogP contribution in [-0.4, -0.2) is 15.9 Å². The van der Waals surface area contributed by atoms with Crippen molar-refractivity contribution in [3.63, 3.8) is 0 Å². The van der Waals surface area contributed by atoms with Crippen LogP contribution in [0.2, 0.25) is 0 Å². The molecule has 1 N–H and O–H groups in total. The molecule has 0 aliphatic heterocycles. The number of amides is 1. The Hall–Kier alpha value is -1.75. The predicted octanol–water partition coefficient (Wildman–Crippen LogP) is 3.11. The molecule has 2 aromatic heterocycles. The Morgan fingerprint density at radius 3 is 2.72 bits per heavy atom. The molecule has 0 aliphatic rings. The fourth-order valence-corrected chi connectivity index (χ4v) is 1.71. The number of halogens is 1. The van der Waals surface area contributed by atoms with E-state index in [1.165, 1.54) is 0 Å². The third kappa shape index (κ3) is 2.92. The molecule has 2 aromatic rings. The van der Waals surface area contributed by atoms with E-state index in [-0.39, 0.29) is 5.91 Å². The molecule has 18 heavy (non-hydrogen) atoms. The second-order valence-corrected chi connectivity index (χ2v) is 4.76. The van der Waals surface area contributed by atoms with E-state index in [1.807, 2.05) is 19.9 Å². The van der Waals surface area contributed by atoms with Gasteiger partial charge in [0.1, 0.15) is 5.82 Å². The number of carbonyl (C=O) groups is 1. The third-order valence-electron chi connectivity index (χ3n) is 2.42. The van der Waals surface area contributed by atoms with Gasteiger partial charge in [-0.1, -0.05) is 0 Å². The average Bonchev–Trinajstić information content (AvgIpc) is 2.34. The van der Waals surface area contributed by atoms with E-state index in [1.54, 1.807) is 24.4 Å². The van der Waals surface area contributed by atoms with Crippen LogP contribution in [0.1, 0.15) is 21.7 Å². The normalized spacial score (nSPS) is 10.2. The average molecular weight is 306 g/mol. The zero-order chi connectivity index (χ0) is 13.1. The van der Waals surface area contributed by atoms with E-state index >= 15 is 0 Å². The highest BCUT2D eigenvalue weighted by Crippen LogP contribution is 2.16. The van der Waals surface area contributed by atoms with Crippen molar-refractivity contribution in [2.75, 3.05) is 5.32 Å². The summed E-state index contributed by atoms with van der Waals surface area (Å²) < 4.78 is 0.917. The number of aryl methyl sites for hydroxylation is 2. The summed E-state index contributed by atoms with van der Waals surface area (Å²) >= 11 is 3.37. The van der Waals surface area contributed by atoms with Crippen molar-refractivity contribution in [2.45, 2.75) is 13.8 Å². The van der Waals surface area contributed by atoms with Crippen LogP contribution < -0.4 is 5.32 Å². The zero-order valence-corrected chi connectivity index (χ0v) is 11.7. The minimum atomic E-state index is -0.185. The number of nitrogens with zero attached hydrogens (tertiary/aromatic N) is 2. The third-order valence-corrected chi connectivity index (χ3v) is 3.26. The highest BCUT2D eigenvalue weighted by Gasteiger charge is 2.07. The number of nitrogens with one attached hydrogen (secondary N) is 1.